The number of aliphatic hydroxyl groups is 1. The highest BCUT2D eigenvalue weighted by Crippen LogP contribution is 2.25. The van der Waals surface area contributed by atoms with Gasteiger partial charge in [0.25, 0.3) is 0 Å². The summed E-state index contributed by atoms with van der Waals surface area (Å²) in [6.45, 7) is 1.70. The van der Waals surface area contributed by atoms with Crippen molar-refractivity contribution in [1.29, 1.82) is 0 Å². The monoisotopic (exact) mass is 229 g/mol. The summed E-state index contributed by atoms with van der Waals surface area (Å²) in [5, 5.41) is 20.1. The van der Waals surface area contributed by atoms with Gasteiger partial charge in [-0.1, -0.05) is 24.3 Å². The number of aromatic nitrogens is 2. The minimum atomic E-state index is -0.158. The molecule has 1 N–H and O–H groups in total. The molecule has 0 spiro atoms. The van der Waals surface area contributed by atoms with E-state index in [-0.39, 0.29) is 6.10 Å². The standard InChI is InChI=1S/C13H15N3O/c17-11-5-7-16(8-6-11)13-12-4-2-1-3-10(12)9-14-15-13/h1-4,9,11,17H,5-8H2. The Bertz CT molecular complexity index is 516. The zero-order valence-corrected chi connectivity index (χ0v) is 9.58. The first-order chi connectivity index (χ1) is 8.34. The van der Waals surface area contributed by atoms with Crippen molar-refractivity contribution in [3.63, 3.8) is 0 Å². The van der Waals surface area contributed by atoms with Gasteiger partial charge in [0.2, 0.25) is 0 Å². The van der Waals surface area contributed by atoms with E-state index in [1.54, 1.807) is 6.20 Å². The smallest absolute Gasteiger partial charge is 0.159 e. The zero-order valence-electron chi connectivity index (χ0n) is 9.58. The van der Waals surface area contributed by atoms with Crippen LogP contribution in [0.2, 0.25) is 0 Å². The molecule has 0 bridgehead atoms. The van der Waals surface area contributed by atoms with E-state index in [2.05, 4.69) is 21.2 Å². The molecule has 3 rings (SSSR count). The largest absolute Gasteiger partial charge is 0.393 e. The topological polar surface area (TPSA) is 49.2 Å². The Labute approximate surface area is 99.9 Å². The predicted molar refractivity (Wildman–Crippen MR) is 67.0 cm³/mol. The molecule has 0 atom stereocenters. The maximum absolute atomic E-state index is 9.52. The van der Waals surface area contributed by atoms with Crippen LogP contribution < -0.4 is 4.90 Å². The number of nitrogens with zero attached hydrogens (tertiary/aromatic N) is 3. The van der Waals surface area contributed by atoms with E-state index < -0.39 is 0 Å². The average Bonchev–Trinajstić information content (AvgIpc) is 2.39. The third-order valence-electron chi connectivity index (χ3n) is 3.31. The van der Waals surface area contributed by atoms with Crippen LogP contribution >= 0.6 is 0 Å². The number of fused-ring (bicyclic) bond motifs is 1. The second kappa shape index (κ2) is 4.30. The van der Waals surface area contributed by atoms with Crippen molar-refractivity contribution in [2.45, 2.75) is 18.9 Å². The maximum Gasteiger partial charge on any atom is 0.159 e. The minimum absolute atomic E-state index is 0.158. The molecule has 0 aliphatic carbocycles. The van der Waals surface area contributed by atoms with E-state index >= 15 is 0 Å². The van der Waals surface area contributed by atoms with Crippen molar-refractivity contribution in [1.82, 2.24) is 10.2 Å². The number of anilines is 1. The Kier molecular flexibility index (Phi) is 2.65. The molecule has 1 aliphatic heterocycles. The van der Waals surface area contributed by atoms with Gasteiger partial charge < -0.3 is 10.0 Å². The second-order valence-electron chi connectivity index (χ2n) is 4.47. The van der Waals surface area contributed by atoms with E-state index in [9.17, 15) is 5.11 Å². The summed E-state index contributed by atoms with van der Waals surface area (Å²) in [6.07, 6.45) is 3.25. The summed E-state index contributed by atoms with van der Waals surface area (Å²) < 4.78 is 0. The van der Waals surface area contributed by atoms with Crippen LogP contribution in [0.3, 0.4) is 0 Å². The molecular weight excluding hydrogens is 214 g/mol. The number of hydrogen-bond donors (Lipinski definition) is 1. The van der Waals surface area contributed by atoms with Crippen molar-refractivity contribution in [2.24, 2.45) is 0 Å². The van der Waals surface area contributed by atoms with Crippen LogP contribution in [-0.2, 0) is 0 Å². The molecule has 88 valence electrons. The first-order valence-electron chi connectivity index (χ1n) is 5.98. The molecule has 4 heteroatoms. The molecule has 1 aromatic carbocycles. The van der Waals surface area contributed by atoms with Crippen LogP contribution in [0.15, 0.2) is 30.5 Å². The summed E-state index contributed by atoms with van der Waals surface area (Å²) in [5.74, 6) is 0.940. The Balaban J connectivity index is 2.00. The van der Waals surface area contributed by atoms with Gasteiger partial charge in [-0.2, -0.15) is 5.10 Å². The summed E-state index contributed by atoms with van der Waals surface area (Å²) in [6, 6.07) is 8.15. The number of benzene rings is 1. The fourth-order valence-electron chi connectivity index (χ4n) is 2.32. The van der Waals surface area contributed by atoms with Crippen molar-refractivity contribution in [3.8, 4) is 0 Å². The van der Waals surface area contributed by atoms with Crippen LogP contribution in [0, 0.1) is 0 Å². The molecule has 1 aliphatic rings. The third-order valence-corrected chi connectivity index (χ3v) is 3.31. The van der Waals surface area contributed by atoms with Gasteiger partial charge in [-0.05, 0) is 12.8 Å². The SMILES string of the molecule is OC1CCN(c2nncc3ccccc23)CC1. The van der Waals surface area contributed by atoms with Gasteiger partial charge in [-0.25, -0.2) is 0 Å². The molecule has 4 nitrogen and oxygen atoms in total. The third kappa shape index (κ3) is 1.96. The molecule has 1 aromatic heterocycles. The van der Waals surface area contributed by atoms with Crippen molar-refractivity contribution in [2.75, 3.05) is 18.0 Å². The number of hydrogen-bond acceptors (Lipinski definition) is 4. The lowest BCUT2D eigenvalue weighted by molar-refractivity contribution is 0.145. The highest BCUT2D eigenvalue weighted by Gasteiger charge is 2.19. The Morgan fingerprint density at radius 2 is 1.94 bits per heavy atom. The van der Waals surface area contributed by atoms with Crippen molar-refractivity contribution in [3.05, 3.63) is 30.5 Å². The highest BCUT2D eigenvalue weighted by molar-refractivity contribution is 5.91. The fourth-order valence-corrected chi connectivity index (χ4v) is 2.32. The van der Waals surface area contributed by atoms with E-state index in [0.29, 0.717) is 0 Å². The minimum Gasteiger partial charge on any atom is -0.393 e. The molecule has 1 saturated heterocycles. The first kappa shape index (κ1) is 10.5. The van der Waals surface area contributed by atoms with Crippen LogP contribution in [0.25, 0.3) is 10.8 Å². The van der Waals surface area contributed by atoms with E-state index in [0.717, 1.165) is 42.5 Å². The Hall–Kier alpha value is -1.68. The number of aliphatic hydroxyl groups excluding tert-OH is 1. The molecule has 2 aromatic rings. The van der Waals surface area contributed by atoms with Gasteiger partial charge in [0.15, 0.2) is 5.82 Å². The van der Waals surface area contributed by atoms with Crippen LogP contribution in [0.1, 0.15) is 12.8 Å². The quantitative estimate of drug-likeness (QED) is 0.806. The van der Waals surface area contributed by atoms with Gasteiger partial charge in [-0.3, -0.25) is 0 Å². The van der Waals surface area contributed by atoms with Crippen molar-refractivity contribution < 1.29 is 5.11 Å². The molecule has 0 unspecified atom stereocenters. The molecule has 2 heterocycles. The normalized spacial score (nSPS) is 17.6. The number of piperidine rings is 1. The van der Waals surface area contributed by atoms with Gasteiger partial charge in [0.05, 0.1) is 12.3 Å². The Morgan fingerprint density at radius 3 is 2.76 bits per heavy atom. The summed E-state index contributed by atoms with van der Waals surface area (Å²) in [7, 11) is 0. The lowest BCUT2D eigenvalue weighted by atomic mass is 10.1. The van der Waals surface area contributed by atoms with Crippen molar-refractivity contribution >= 4 is 16.6 Å². The fraction of sp³-hybridized carbons (Fsp3) is 0.385. The molecule has 1 fully saturated rings. The summed E-state index contributed by atoms with van der Waals surface area (Å²) in [5.41, 5.74) is 0. The van der Waals surface area contributed by atoms with Gasteiger partial charge in [0.1, 0.15) is 0 Å². The van der Waals surface area contributed by atoms with Gasteiger partial charge in [0, 0.05) is 23.9 Å². The number of rotatable bonds is 1. The lowest BCUT2D eigenvalue weighted by Gasteiger charge is -2.30. The highest BCUT2D eigenvalue weighted by atomic mass is 16.3. The van der Waals surface area contributed by atoms with E-state index in [4.69, 9.17) is 0 Å². The van der Waals surface area contributed by atoms with E-state index in [1.807, 2.05) is 18.2 Å². The Morgan fingerprint density at radius 1 is 1.18 bits per heavy atom. The maximum atomic E-state index is 9.52. The predicted octanol–water partition coefficient (Wildman–Crippen LogP) is 1.59. The van der Waals surface area contributed by atoms with Crippen LogP contribution in [-0.4, -0.2) is 34.5 Å². The second-order valence-corrected chi connectivity index (χ2v) is 4.47. The summed E-state index contributed by atoms with van der Waals surface area (Å²) in [4.78, 5) is 2.21. The average molecular weight is 229 g/mol. The van der Waals surface area contributed by atoms with E-state index in [1.165, 1.54) is 0 Å². The molecule has 17 heavy (non-hydrogen) atoms. The van der Waals surface area contributed by atoms with Crippen LogP contribution in [0.4, 0.5) is 5.82 Å². The molecule has 0 amide bonds. The van der Waals surface area contributed by atoms with Gasteiger partial charge in [-0.15, -0.1) is 5.10 Å². The zero-order chi connectivity index (χ0) is 11.7. The lowest BCUT2D eigenvalue weighted by Crippen LogP contribution is -2.36. The first-order valence-corrected chi connectivity index (χ1v) is 5.98. The summed E-state index contributed by atoms with van der Waals surface area (Å²) >= 11 is 0. The van der Waals surface area contributed by atoms with Crippen LogP contribution in [0.5, 0.6) is 0 Å². The molecule has 0 radical (unpaired) electrons. The van der Waals surface area contributed by atoms with Gasteiger partial charge >= 0.3 is 0 Å². The molecule has 0 saturated carbocycles. The molecular formula is C13H15N3O.